The number of rotatable bonds is 8. The molecule has 1 saturated heterocycles. The van der Waals surface area contributed by atoms with Gasteiger partial charge in [-0.2, -0.15) is 0 Å². The van der Waals surface area contributed by atoms with Gasteiger partial charge in [-0.25, -0.2) is 0 Å². The quantitative estimate of drug-likeness (QED) is 0.686. The molecule has 0 aromatic carbocycles. The third-order valence-electron chi connectivity index (χ3n) is 4.21. The average Bonchev–Trinajstić information content (AvgIpc) is 2.40. The van der Waals surface area contributed by atoms with Gasteiger partial charge >= 0.3 is 0 Å². The van der Waals surface area contributed by atoms with Crippen LogP contribution in [0, 0.1) is 5.92 Å². The molecule has 0 bridgehead atoms. The fourth-order valence-electron chi connectivity index (χ4n) is 2.75. The Hall–Kier alpha value is -0.570. The van der Waals surface area contributed by atoms with Crippen LogP contribution in [0.5, 0.6) is 0 Å². The summed E-state index contributed by atoms with van der Waals surface area (Å²) < 4.78 is 0. The fraction of sp³-hybridized carbons (Fsp3) is 0.938. The standard InChI is InChI=1S/C16H31NO2/c1-3-4-5-6-7-8-9-10-16(19)17-12-11-15(18)14(2)13-17/h14-15,18H,3-13H2,1-2H3. The summed E-state index contributed by atoms with van der Waals surface area (Å²) >= 11 is 0. The highest BCUT2D eigenvalue weighted by Crippen LogP contribution is 2.18. The summed E-state index contributed by atoms with van der Waals surface area (Å²) in [5.74, 6) is 0.513. The molecule has 3 nitrogen and oxygen atoms in total. The largest absolute Gasteiger partial charge is 0.393 e. The molecule has 1 N–H and O–H groups in total. The van der Waals surface area contributed by atoms with Crippen molar-refractivity contribution < 1.29 is 9.90 Å². The summed E-state index contributed by atoms with van der Waals surface area (Å²) in [6, 6.07) is 0. The molecule has 3 heteroatoms. The van der Waals surface area contributed by atoms with E-state index in [1.165, 1.54) is 38.5 Å². The van der Waals surface area contributed by atoms with E-state index in [1.54, 1.807) is 0 Å². The molecule has 1 heterocycles. The Bertz CT molecular complexity index is 255. The van der Waals surface area contributed by atoms with Crippen LogP contribution in [0.4, 0.5) is 0 Å². The Balaban J connectivity index is 2.04. The maximum absolute atomic E-state index is 12.0. The van der Waals surface area contributed by atoms with Gasteiger partial charge < -0.3 is 10.0 Å². The summed E-state index contributed by atoms with van der Waals surface area (Å²) in [7, 11) is 0. The Morgan fingerprint density at radius 2 is 1.79 bits per heavy atom. The summed E-state index contributed by atoms with van der Waals surface area (Å²) in [4.78, 5) is 14.0. The van der Waals surface area contributed by atoms with E-state index in [-0.39, 0.29) is 17.9 Å². The van der Waals surface area contributed by atoms with Gasteiger partial charge in [0.15, 0.2) is 0 Å². The van der Waals surface area contributed by atoms with E-state index in [1.807, 2.05) is 11.8 Å². The number of hydrogen-bond donors (Lipinski definition) is 1. The molecule has 1 aliphatic heterocycles. The van der Waals surface area contributed by atoms with Crippen molar-refractivity contribution in [3.8, 4) is 0 Å². The van der Waals surface area contributed by atoms with Gasteiger partial charge in [-0.05, 0) is 18.8 Å². The molecule has 0 radical (unpaired) electrons. The van der Waals surface area contributed by atoms with Crippen molar-refractivity contribution in [1.29, 1.82) is 0 Å². The van der Waals surface area contributed by atoms with Crippen molar-refractivity contribution in [3.63, 3.8) is 0 Å². The van der Waals surface area contributed by atoms with Crippen LogP contribution in [0.1, 0.15) is 71.6 Å². The molecule has 1 aliphatic rings. The van der Waals surface area contributed by atoms with Crippen molar-refractivity contribution in [2.45, 2.75) is 77.7 Å². The number of likely N-dealkylation sites (tertiary alicyclic amines) is 1. The minimum absolute atomic E-state index is 0.220. The van der Waals surface area contributed by atoms with Gasteiger partial charge in [0, 0.05) is 19.5 Å². The first-order valence-corrected chi connectivity index (χ1v) is 8.11. The fourth-order valence-corrected chi connectivity index (χ4v) is 2.75. The van der Waals surface area contributed by atoms with E-state index in [4.69, 9.17) is 0 Å². The molecule has 1 amide bonds. The van der Waals surface area contributed by atoms with Crippen molar-refractivity contribution in [2.75, 3.05) is 13.1 Å². The number of carbonyl (C=O) groups excluding carboxylic acids is 1. The Morgan fingerprint density at radius 3 is 2.42 bits per heavy atom. The number of aliphatic hydroxyl groups excluding tert-OH is 1. The summed E-state index contributed by atoms with van der Waals surface area (Å²) in [5, 5.41) is 9.66. The molecule has 0 aromatic heterocycles. The third kappa shape index (κ3) is 6.42. The lowest BCUT2D eigenvalue weighted by Gasteiger charge is -2.34. The highest BCUT2D eigenvalue weighted by Gasteiger charge is 2.26. The van der Waals surface area contributed by atoms with Crippen LogP contribution in [0.15, 0.2) is 0 Å². The second kappa shape index (κ2) is 9.35. The minimum atomic E-state index is -0.220. The number of piperidine rings is 1. The van der Waals surface area contributed by atoms with Crippen LogP contribution in [0.25, 0.3) is 0 Å². The zero-order valence-corrected chi connectivity index (χ0v) is 12.7. The predicted octanol–water partition coefficient (Wildman–Crippen LogP) is 3.36. The minimum Gasteiger partial charge on any atom is -0.393 e. The van der Waals surface area contributed by atoms with Crippen molar-refractivity contribution in [1.82, 2.24) is 4.90 Å². The molecule has 0 spiro atoms. The van der Waals surface area contributed by atoms with Crippen molar-refractivity contribution in [2.24, 2.45) is 5.92 Å². The number of amides is 1. The monoisotopic (exact) mass is 269 g/mol. The van der Waals surface area contributed by atoms with Crippen molar-refractivity contribution in [3.05, 3.63) is 0 Å². The average molecular weight is 269 g/mol. The van der Waals surface area contributed by atoms with Crippen LogP contribution >= 0.6 is 0 Å². The summed E-state index contributed by atoms with van der Waals surface area (Å²) in [6.07, 6.45) is 9.97. The van der Waals surface area contributed by atoms with E-state index < -0.39 is 0 Å². The predicted molar refractivity (Wildman–Crippen MR) is 79.0 cm³/mol. The van der Waals surface area contributed by atoms with Crippen LogP contribution < -0.4 is 0 Å². The molecular weight excluding hydrogens is 238 g/mol. The zero-order valence-electron chi connectivity index (χ0n) is 12.7. The summed E-state index contributed by atoms with van der Waals surface area (Å²) in [5.41, 5.74) is 0. The van der Waals surface area contributed by atoms with Gasteiger partial charge in [-0.1, -0.05) is 52.4 Å². The smallest absolute Gasteiger partial charge is 0.222 e. The van der Waals surface area contributed by atoms with Gasteiger partial charge in [0.05, 0.1) is 6.10 Å². The van der Waals surface area contributed by atoms with Gasteiger partial charge in [0.1, 0.15) is 0 Å². The molecule has 0 saturated carbocycles. The number of hydrogen-bond acceptors (Lipinski definition) is 2. The molecule has 2 unspecified atom stereocenters. The van der Waals surface area contributed by atoms with Crippen LogP contribution in [-0.2, 0) is 4.79 Å². The van der Waals surface area contributed by atoms with Gasteiger partial charge in [-0.15, -0.1) is 0 Å². The Kier molecular flexibility index (Phi) is 8.11. The zero-order chi connectivity index (χ0) is 14.1. The molecule has 19 heavy (non-hydrogen) atoms. The van der Waals surface area contributed by atoms with E-state index >= 15 is 0 Å². The molecule has 112 valence electrons. The lowest BCUT2D eigenvalue weighted by atomic mass is 9.96. The SMILES string of the molecule is CCCCCCCCCC(=O)N1CCC(O)C(C)C1. The number of unbranched alkanes of at least 4 members (excludes halogenated alkanes) is 6. The highest BCUT2D eigenvalue weighted by molar-refractivity contribution is 5.76. The Labute approximate surface area is 118 Å². The van der Waals surface area contributed by atoms with Crippen LogP contribution in [0.2, 0.25) is 0 Å². The number of carbonyl (C=O) groups is 1. The maximum Gasteiger partial charge on any atom is 0.222 e. The first-order valence-electron chi connectivity index (χ1n) is 8.11. The number of nitrogens with zero attached hydrogens (tertiary/aromatic N) is 1. The Morgan fingerprint density at radius 1 is 1.16 bits per heavy atom. The van der Waals surface area contributed by atoms with Crippen molar-refractivity contribution >= 4 is 5.91 Å². The highest BCUT2D eigenvalue weighted by atomic mass is 16.3. The summed E-state index contributed by atoms with van der Waals surface area (Å²) in [6.45, 7) is 5.73. The molecule has 1 fully saturated rings. The lowest BCUT2D eigenvalue weighted by Crippen LogP contribution is -2.44. The second-order valence-electron chi connectivity index (χ2n) is 6.04. The topological polar surface area (TPSA) is 40.5 Å². The van der Waals surface area contributed by atoms with Gasteiger partial charge in [-0.3, -0.25) is 4.79 Å². The van der Waals surface area contributed by atoms with E-state index in [0.29, 0.717) is 6.42 Å². The first kappa shape index (κ1) is 16.5. The van der Waals surface area contributed by atoms with E-state index in [0.717, 1.165) is 25.9 Å². The normalized spacial score (nSPS) is 23.6. The first-order chi connectivity index (χ1) is 9.15. The second-order valence-corrected chi connectivity index (χ2v) is 6.04. The molecule has 0 aromatic rings. The van der Waals surface area contributed by atoms with E-state index in [9.17, 15) is 9.90 Å². The third-order valence-corrected chi connectivity index (χ3v) is 4.21. The van der Waals surface area contributed by atoms with E-state index in [2.05, 4.69) is 6.92 Å². The van der Waals surface area contributed by atoms with Gasteiger partial charge in [0.25, 0.3) is 0 Å². The molecular formula is C16H31NO2. The molecule has 2 atom stereocenters. The van der Waals surface area contributed by atoms with Gasteiger partial charge in [0.2, 0.25) is 5.91 Å². The maximum atomic E-state index is 12.0. The number of aliphatic hydroxyl groups is 1. The lowest BCUT2D eigenvalue weighted by molar-refractivity contribution is -0.134. The molecule has 1 rings (SSSR count). The van der Waals surface area contributed by atoms with Crippen LogP contribution in [-0.4, -0.2) is 35.1 Å². The van der Waals surface area contributed by atoms with Crippen LogP contribution in [0.3, 0.4) is 0 Å². The molecule has 0 aliphatic carbocycles.